The number of aliphatic imine (C=N–C) groups is 1. The number of Topliss-reactive ketones (excluding diaryl/α,β-unsaturated/α-hetero) is 1. The summed E-state index contributed by atoms with van der Waals surface area (Å²) in [6, 6.07) is 4.67. The summed E-state index contributed by atoms with van der Waals surface area (Å²) in [5.41, 5.74) is -1.92. The lowest BCUT2D eigenvalue weighted by molar-refractivity contribution is 0.0811. The molecule has 0 saturated heterocycles. The standard InChI is InChI=1S/C26H33F2NO7S/c1-15(8-6-7-11-29-25(33)34-5)19-12-18(30)22(24(32)36-19)23(31)16(2)26(3,4)13-17-9-10-21(37-17)35-14-20(27)28/h9-12,15-16,20,30H,6-8,13-14H2,1-5H3. The molecule has 2 unspecified atom stereocenters. The first-order chi connectivity index (χ1) is 17.4. The molecule has 0 spiro atoms. The molecule has 0 bridgehead atoms. The molecule has 2 atom stereocenters. The second kappa shape index (κ2) is 13.5. The first-order valence-corrected chi connectivity index (χ1v) is 12.7. The topological polar surface area (TPSA) is 115 Å². The van der Waals surface area contributed by atoms with Crippen molar-refractivity contribution in [1.29, 1.82) is 0 Å². The summed E-state index contributed by atoms with van der Waals surface area (Å²) in [4.78, 5) is 41.4. The molecular formula is C26H33F2NO7S. The van der Waals surface area contributed by atoms with Gasteiger partial charge in [0.25, 0.3) is 6.43 Å². The van der Waals surface area contributed by atoms with Crippen molar-refractivity contribution in [1.82, 2.24) is 0 Å². The van der Waals surface area contributed by atoms with Gasteiger partial charge < -0.3 is 19.0 Å². The Labute approximate surface area is 218 Å². The molecule has 2 aromatic heterocycles. The van der Waals surface area contributed by atoms with Gasteiger partial charge in [-0.25, -0.2) is 18.4 Å². The predicted molar refractivity (Wildman–Crippen MR) is 137 cm³/mol. The van der Waals surface area contributed by atoms with Crippen LogP contribution in [0.25, 0.3) is 0 Å². The molecule has 0 aliphatic rings. The Hall–Kier alpha value is -3.08. The number of ether oxygens (including phenoxy) is 2. The van der Waals surface area contributed by atoms with Crippen LogP contribution in [0.2, 0.25) is 0 Å². The summed E-state index contributed by atoms with van der Waals surface area (Å²) in [7, 11) is 1.24. The highest BCUT2D eigenvalue weighted by Gasteiger charge is 2.35. The van der Waals surface area contributed by atoms with Crippen LogP contribution in [0.15, 0.2) is 32.4 Å². The molecule has 204 valence electrons. The van der Waals surface area contributed by atoms with Gasteiger partial charge >= 0.3 is 11.7 Å². The zero-order valence-electron chi connectivity index (χ0n) is 21.6. The van der Waals surface area contributed by atoms with E-state index in [2.05, 4.69) is 9.73 Å². The number of carbonyl (C=O) groups is 2. The second-order valence-corrected chi connectivity index (χ2v) is 10.6. The fourth-order valence-corrected chi connectivity index (χ4v) is 4.77. The number of amides is 1. The number of alkyl halides is 2. The van der Waals surface area contributed by atoms with Gasteiger partial charge in [0.05, 0.1) is 7.11 Å². The molecule has 0 aliphatic heterocycles. The third kappa shape index (κ3) is 8.77. The van der Waals surface area contributed by atoms with Gasteiger partial charge in [-0.2, -0.15) is 4.99 Å². The zero-order valence-corrected chi connectivity index (χ0v) is 22.4. The van der Waals surface area contributed by atoms with Gasteiger partial charge in [-0.3, -0.25) is 4.79 Å². The lowest BCUT2D eigenvalue weighted by Crippen LogP contribution is -2.33. The van der Waals surface area contributed by atoms with E-state index in [1.54, 1.807) is 19.1 Å². The molecule has 8 nitrogen and oxygen atoms in total. The summed E-state index contributed by atoms with van der Waals surface area (Å²) in [6.45, 7) is 6.52. The van der Waals surface area contributed by atoms with Crippen LogP contribution in [0.1, 0.15) is 73.9 Å². The largest absolute Gasteiger partial charge is 0.507 e. The average Bonchev–Trinajstić information content (AvgIpc) is 3.27. The summed E-state index contributed by atoms with van der Waals surface area (Å²) in [5.74, 6) is -1.60. The first kappa shape index (κ1) is 30.1. The fraction of sp³-hybridized carbons (Fsp3) is 0.538. The maximum Gasteiger partial charge on any atom is 0.432 e. The molecule has 2 rings (SSSR count). The van der Waals surface area contributed by atoms with Crippen molar-refractivity contribution >= 4 is 29.4 Å². The third-order valence-corrected chi connectivity index (χ3v) is 7.21. The lowest BCUT2D eigenvalue weighted by Gasteiger charge is -2.30. The summed E-state index contributed by atoms with van der Waals surface area (Å²) in [6.07, 6.45) is 0.393. The summed E-state index contributed by atoms with van der Waals surface area (Å²) < 4.78 is 39.6. The van der Waals surface area contributed by atoms with Crippen LogP contribution >= 0.6 is 11.3 Å². The minimum atomic E-state index is -2.57. The Balaban J connectivity index is 2.07. The molecule has 37 heavy (non-hydrogen) atoms. The van der Waals surface area contributed by atoms with Crippen LogP contribution in [0.4, 0.5) is 13.6 Å². The predicted octanol–water partition coefficient (Wildman–Crippen LogP) is 6.25. The molecule has 0 aliphatic carbocycles. The number of ketones is 1. The highest BCUT2D eigenvalue weighted by atomic mass is 32.1. The Bertz CT molecular complexity index is 1160. The van der Waals surface area contributed by atoms with E-state index in [4.69, 9.17) is 9.15 Å². The van der Waals surface area contributed by atoms with Gasteiger partial charge in [-0.05, 0) is 43.2 Å². The lowest BCUT2D eigenvalue weighted by atomic mass is 9.73. The van der Waals surface area contributed by atoms with E-state index in [9.17, 15) is 28.3 Å². The van der Waals surface area contributed by atoms with Crippen molar-refractivity contribution in [3.63, 3.8) is 0 Å². The van der Waals surface area contributed by atoms with Crippen LogP contribution in [0.5, 0.6) is 10.8 Å². The number of thiophene rings is 1. The number of aromatic hydroxyl groups is 1. The maximum atomic E-state index is 13.2. The number of hydrogen-bond donors (Lipinski definition) is 1. The minimum absolute atomic E-state index is 0.219. The highest BCUT2D eigenvalue weighted by molar-refractivity contribution is 7.13. The van der Waals surface area contributed by atoms with Crippen LogP contribution in [-0.2, 0) is 11.2 Å². The van der Waals surface area contributed by atoms with E-state index in [1.807, 2.05) is 20.8 Å². The Kier molecular flexibility index (Phi) is 11.0. The van der Waals surface area contributed by atoms with Gasteiger partial charge in [-0.15, -0.1) is 11.3 Å². The number of unbranched alkanes of at least 4 members (excludes halogenated alkanes) is 1. The molecule has 2 aromatic rings. The van der Waals surface area contributed by atoms with Crippen LogP contribution < -0.4 is 10.4 Å². The van der Waals surface area contributed by atoms with Crippen molar-refractivity contribution in [2.45, 2.75) is 65.7 Å². The molecule has 0 radical (unpaired) electrons. The van der Waals surface area contributed by atoms with E-state index >= 15 is 0 Å². The number of hydrogen-bond acceptors (Lipinski definition) is 8. The maximum absolute atomic E-state index is 13.2. The Morgan fingerprint density at radius 1 is 1.27 bits per heavy atom. The molecule has 1 amide bonds. The van der Waals surface area contributed by atoms with Gasteiger partial charge in [-0.1, -0.05) is 27.7 Å². The smallest absolute Gasteiger partial charge is 0.432 e. The normalized spacial score (nSPS) is 13.6. The number of methoxy groups -OCH3 is 1. The van der Waals surface area contributed by atoms with E-state index in [1.165, 1.54) is 30.7 Å². The highest BCUT2D eigenvalue weighted by Crippen LogP contribution is 2.38. The minimum Gasteiger partial charge on any atom is -0.507 e. The van der Waals surface area contributed by atoms with Gasteiger partial charge in [0.2, 0.25) is 0 Å². The molecule has 0 fully saturated rings. The van der Waals surface area contributed by atoms with E-state index < -0.39 is 53.2 Å². The SMILES string of the molecule is COC(=O)N=CCCCC(C)c1cc(O)c(C(=O)C(C)C(C)(C)Cc2ccc(OCC(F)F)s2)c(=O)o1. The van der Waals surface area contributed by atoms with Crippen molar-refractivity contribution in [3.8, 4) is 10.8 Å². The van der Waals surface area contributed by atoms with Crippen molar-refractivity contribution in [2.24, 2.45) is 16.3 Å². The Morgan fingerprint density at radius 2 is 1.97 bits per heavy atom. The third-order valence-electron chi connectivity index (χ3n) is 6.21. The summed E-state index contributed by atoms with van der Waals surface area (Å²) >= 11 is 1.22. The zero-order chi connectivity index (χ0) is 27.8. The molecule has 2 heterocycles. The number of halogens is 2. The van der Waals surface area contributed by atoms with Crippen molar-refractivity contribution in [2.75, 3.05) is 13.7 Å². The van der Waals surface area contributed by atoms with E-state index in [0.29, 0.717) is 30.7 Å². The number of carbonyl (C=O) groups excluding carboxylic acids is 2. The van der Waals surface area contributed by atoms with Crippen LogP contribution in [0, 0.1) is 11.3 Å². The number of nitrogens with zero attached hydrogens (tertiary/aromatic N) is 1. The average molecular weight is 542 g/mol. The second-order valence-electron chi connectivity index (χ2n) is 9.48. The molecule has 11 heteroatoms. The molecular weight excluding hydrogens is 508 g/mol. The monoisotopic (exact) mass is 541 g/mol. The van der Waals surface area contributed by atoms with E-state index in [0.717, 1.165) is 4.88 Å². The fourth-order valence-electron chi connectivity index (χ4n) is 3.67. The van der Waals surface area contributed by atoms with Crippen LogP contribution in [0.3, 0.4) is 0 Å². The molecule has 1 N–H and O–H groups in total. The van der Waals surface area contributed by atoms with Crippen molar-refractivity contribution < 1.29 is 37.4 Å². The first-order valence-electron chi connectivity index (χ1n) is 11.9. The van der Waals surface area contributed by atoms with Crippen molar-refractivity contribution in [3.05, 3.63) is 44.8 Å². The van der Waals surface area contributed by atoms with Gasteiger partial charge in [0.15, 0.2) is 10.8 Å². The number of rotatable bonds is 13. The Morgan fingerprint density at radius 3 is 2.59 bits per heavy atom. The van der Waals surface area contributed by atoms with Gasteiger partial charge in [0.1, 0.15) is 23.7 Å². The molecule has 0 aromatic carbocycles. The quantitative estimate of drug-likeness (QED) is 0.181. The van der Waals surface area contributed by atoms with Gasteiger partial charge in [0, 0.05) is 29.0 Å². The van der Waals surface area contributed by atoms with Crippen LogP contribution in [-0.4, -0.2) is 43.3 Å². The molecule has 0 saturated carbocycles. The summed E-state index contributed by atoms with van der Waals surface area (Å²) in [5, 5.41) is 10.9. The van der Waals surface area contributed by atoms with E-state index in [-0.39, 0.29) is 11.7 Å².